The minimum Gasteiger partial charge on any atom is -0.481 e. The number of pyridine rings is 2. The number of nitrogens with zero attached hydrogens (tertiary/aromatic N) is 2. The highest BCUT2D eigenvalue weighted by atomic mass is 16.5. The quantitative estimate of drug-likeness (QED) is 0.739. The second kappa shape index (κ2) is 3.14. The van der Waals surface area contributed by atoms with Crippen molar-refractivity contribution in [2.45, 2.75) is 6.92 Å². The van der Waals surface area contributed by atoms with E-state index in [-0.39, 0.29) is 0 Å². The first-order valence-corrected chi connectivity index (χ1v) is 4.28. The summed E-state index contributed by atoms with van der Waals surface area (Å²) in [5.41, 5.74) is 8.95. The molecule has 4 nitrogen and oxygen atoms in total. The van der Waals surface area contributed by atoms with E-state index in [0.717, 1.165) is 16.6 Å². The van der Waals surface area contributed by atoms with Gasteiger partial charge in [0, 0.05) is 11.6 Å². The highest BCUT2D eigenvalue weighted by Gasteiger charge is 2.04. The molecule has 14 heavy (non-hydrogen) atoms. The van der Waals surface area contributed by atoms with Gasteiger partial charge in [0.15, 0.2) is 0 Å². The molecule has 2 N–H and O–H groups in total. The predicted octanol–water partition coefficient (Wildman–Crippen LogP) is 1.53. The molecular weight excluding hydrogens is 178 g/mol. The van der Waals surface area contributed by atoms with Crippen LogP contribution in [0, 0.1) is 6.92 Å². The fraction of sp³-hybridized carbons (Fsp3) is 0.200. The molecule has 0 aliphatic heterocycles. The van der Waals surface area contributed by atoms with E-state index in [1.54, 1.807) is 19.4 Å². The first-order chi connectivity index (χ1) is 6.72. The molecule has 0 radical (unpaired) electrons. The molecule has 0 aliphatic rings. The number of nitrogen functional groups attached to an aromatic ring is 1. The van der Waals surface area contributed by atoms with Crippen molar-refractivity contribution in [1.29, 1.82) is 0 Å². The van der Waals surface area contributed by atoms with Gasteiger partial charge >= 0.3 is 0 Å². The van der Waals surface area contributed by atoms with Crippen LogP contribution in [0.25, 0.3) is 11.0 Å². The van der Waals surface area contributed by atoms with E-state index in [0.29, 0.717) is 11.6 Å². The average Bonchev–Trinajstić information content (AvgIpc) is 2.23. The highest BCUT2D eigenvalue weighted by Crippen LogP contribution is 2.21. The van der Waals surface area contributed by atoms with Gasteiger partial charge in [0.25, 0.3) is 0 Å². The van der Waals surface area contributed by atoms with Crippen LogP contribution in [0.1, 0.15) is 5.56 Å². The van der Waals surface area contributed by atoms with Crippen LogP contribution in [0.15, 0.2) is 18.3 Å². The van der Waals surface area contributed by atoms with Crippen LogP contribution >= 0.6 is 0 Å². The molecule has 0 saturated heterocycles. The maximum absolute atomic E-state index is 5.73. The van der Waals surface area contributed by atoms with E-state index in [1.165, 1.54) is 0 Å². The van der Waals surface area contributed by atoms with Gasteiger partial charge in [-0.05, 0) is 13.0 Å². The van der Waals surface area contributed by atoms with Crippen molar-refractivity contribution in [3.8, 4) is 5.88 Å². The number of aryl methyl sites for hydroxylation is 1. The van der Waals surface area contributed by atoms with Gasteiger partial charge in [0.2, 0.25) is 5.88 Å². The molecular formula is C10H11N3O. The van der Waals surface area contributed by atoms with Crippen LogP contribution < -0.4 is 10.5 Å². The van der Waals surface area contributed by atoms with E-state index in [2.05, 4.69) is 9.97 Å². The average molecular weight is 189 g/mol. The van der Waals surface area contributed by atoms with Crippen LogP contribution in [-0.4, -0.2) is 17.1 Å². The summed E-state index contributed by atoms with van der Waals surface area (Å²) in [6, 6.07) is 3.65. The molecule has 72 valence electrons. The van der Waals surface area contributed by atoms with Crippen molar-refractivity contribution in [2.75, 3.05) is 12.8 Å². The van der Waals surface area contributed by atoms with Gasteiger partial charge in [-0.2, -0.15) is 0 Å². The second-order valence-corrected chi connectivity index (χ2v) is 3.06. The van der Waals surface area contributed by atoms with Gasteiger partial charge in [-0.3, -0.25) is 4.98 Å². The minimum absolute atomic E-state index is 0.577. The summed E-state index contributed by atoms with van der Waals surface area (Å²) in [7, 11) is 1.59. The molecule has 0 saturated carbocycles. The Balaban J connectivity index is 2.78. The lowest BCUT2D eigenvalue weighted by Gasteiger charge is -2.05. The third-order valence-corrected chi connectivity index (χ3v) is 2.19. The third kappa shape index (κ3) is 1.25. The molecule has 4 heteroatoms. The molecule has 2 aromatic heterocycles. The summed E-state index contributed by atoms with van der Waals surface area (Å²) >= 11 is 0. The second-order valence-electron chi connectivity index (χ2n) is 3.06. The first kappa shape index (κ1) is 8.74. The fourth-order valence-corrected chi connectivity index (χ4v) is 1.30. The molecule has 0 fully saturated rings. The zero-order chi connectivity index (χ0) is 10.1. The molecule has 0 aliphatic carbocycles. The molecule has 2 aromatic rings. The molecule has 0 bridgehead atoms. The lowest BCUT2D eigenvalue weighted by Crippen LogP contribution is -1.96. The van der Waals surface area contributed by atoms with Gasteiger partial charge in [0.05, 0.1) is 30.0 Å². The Morgan fingerprint density at radius 3 is 2.86 bits per heavy atom. The number of hydrogen-bond donors (Lipinski definition) is 1. The molecule has 0 atom stereocenters. The van der Waals surface area contributed by atoms with Crippen LogP contribution in [0.4, 0.5) is 5.69 Å². The molecule has 2 heterocycles. The van der Waals surface area contributed by atoms with Crippen LogP contribution in [0.2, 0.25) is 0 Å². The van der Waals surface area contributed by atoms with Gasteiger partial charge in [-0.15, -0.1) is 0 Å². The summed E-state index contributed by atoms with van der Waals surface area (Å²) in [5, 5.41) is 0. The van der Waals surface area contributed by atoms with Gasteiger partial charge in [-0.25, -0.2) is 4.98 Å². The number of methoxy groups -OCH3 is 1. The number of aromatic nitrogens is 2. The predicted molar refractivity (Wildman–Crippen MR) is 55.2 cm³/mol. The van der Waals surface area contributed by atoms with Crippen molar-refractivity contribution in [3.05, 3.63) is 23.9 Å². The van der Waals surface area contributed by atoms with Crippen LogP contribution in [0.3, 0.4) is 0 Å². The summed E-state index contributed by atoms with van der Waals surface area (Å²) in [5.74, 6) is 0.577. The molecule has 2 rings (SSSR count). The van der Waals surface area contributed by atoms with Crippen LogP contribution in [-0.2, 0) is 0 Å². The molecule has 0 unspecified atom stereocenters. The normalized spacial score (nSPS) is 10.4. The number of fused-ring (bicyclic) bond motifs is 1. The van der Waals surface area contributed by atoms with Crippen molar-refractivity contribution < 1.29 is 4.74 Å². The molecule has 0 spiro atoms. The fourth-order valence-electron chi connectivity index (χ4n) is 1.30. The maximum atomic E-state index is 5.73. The van der Waals surface area contributed by atoms with E-state index < -0.39 is 0 Å². The molecule has 0 aromatic carbocycles. The lowest BCUT2D eigenvalue weighted by atomic mass is 10.2. The van der Waals surface area contributed by atoms with Gasteiger partial charge in [-0.1, -0.05) is 0 Å². The monoisotopic (exact) mass is 189 g/mol. The summed E-state index contributed by atoms with van der Waals surface area (Å²) < 4.78 is 5.04. The number of anilines is 1. The Morgan fingerprint density at radius 2 is 2.14 bits per heavy atom. The summed E-state index contributed by atoms with van der Waals surface area (Å²) in [6.07, 6.45) is 1.64. The first-order valence-electron chi connectivity index (χ1n) is 4.28. The SMILES string of the molecule is COc1ccc2ncc(N)c(C)c2n1. The van der Waals surface area contributed by atoms with E-state index in [4.69, 9.17) is 10.5 Å². The van der Waals surface area contributed by atoms with Gasteiger partial charge < -0.3 is 10.5 Å². The Bertz CT molecular complexity index is 482. The molecule has 0 amide bonds. The zero-order valence-corrected chi connectivity index (χ0v) is 8.11. The highest BCUT2D eigenvalue weighted by molar-refractivity contribution is 5.82. The van der Waals surface area contributed by atoms with Crippen molar-refractivity contribution in [3.63, 3.8) is 0 Å². The zero-order valence-electron chi connectivity index (χ0n) is 8.11. The largest absolute Gasteiger partial charge is 0.481 e. The Labute approximate surface area is 81.7 Å². The number of nitrogens with two attached hydrogens (primary N) is 1. The maximum Gasteiger partial charge on any atom is 0.213 e. The number of rotatable bonds is 1. The van der Waals surface area contributed by atoms with Crippen LogP contribution in [0.5, 0.6) is 5.88 Å². The minimum atomic E-state index is 0.577. The lowest BCUT2D eigenvalue weighted by molar-refractivity contribution is 0.399. The summed E-state index contributed by atoms with van der Waals surface area (Å²) in [6.45, 7) is 1.92. The van der Waals surface area contributed by atoms with E-state index in [9.17, 15) is 0 Å². The summed E-state index contributed by atoms with van der Waals surface area (Å²) in [4.78, 5) is 8.46. The standard InChI is InChI=1S/C10H11N3O/c1-6-7(11)5-12-8-3-4-9(14-2)13-10(6)8/h3-5H,11H2,1-2H3. The van der Waals surface area contributed by atoms with E-state index in [1.807, 2.05) is 13.0 Å². The number of hydrogen-bond acceptors (Lipinski definition) is 4. The Morgan fingerprint density at radius 1 is 1.36 bits per heavy atom. The van der Waals surface area contributed by atoms with E-state index >= 15 is 0 Å². The van der Waals surface area contributed by atoms with Crippen molar-refractivity contribution in [2.24, 2.45) is 0 Å². The van der Waals surface area contributed by atoms with Crippen molar-refractivity contribution >= 4 is 16.7 Å². The topological polar surface area (TPSA) is 61.0 Å². The van der Waals surface area contributed by atoms with Crippen molar-refractivity contribution in [1.82, 2.24) is 9.97 Å². The Hall–Kier alpha value is -1.84. The third-order valence-electron chi connectivity index (χ3n) is 2.19. The number of ether oxygens (including phenoxy) is 1. The Kier molecular flexibility index (Phi) is 1.96. The van der Waals surface area contributed by atoms with Gasteiger partial charge in [0.1, 0.15) is 0 Å². The smallest absolute Gasteiger partial charge is 0.213 e.